The molecule has 3 aromatic rings. The van der Waals surface area contributed by atoms with Crippen molar-refractivity contribution >= 4 is 32.2 Å². The molecule has 3 aromatic carbocycles. The van der Waals surface area contributed by atoms with E-state index in [1.54, 1.807) is 13.2 Å². The van der Waals surface area contributed by atoms with Crippen LogP contribution in [0.3, 0.4) is 0 Å². The van der Waals surface area contributed by atoms with Gasteiger partial charge in [-0.2, -0.15) is 4.31 Å². The Morgan fingerprint density at radius 3 is 2.65 bits per heavy atom. The SMILES string of the molecule is COc1ccc2ccccc2c1CN1c2cc(S(=O)(=O)N3CCOCC3)ccc2N2CCC[C@@H]21. The number of sulfonamides is 1. The summed E-state index contributed by atoms with van der Waals surface area (Å²) in [5, 5.41) is 2.33. The zero-order chi connectivity index (χ0) is 23.3. The molecular weight excluding hydrogens is 450 g/mol. The van der Waals surface area contributed by atoms with Crippen LogP contribution in [0.5, 0.6) is 5.75 Å². The first-order valence-corrected chi connectivity index (χ1v) is 13.3. The van der Waals surface area contributed by atoms with Gasteiger partial charge in [0.05, 0.1) is 36.6 Å². The van der Waals surface area contributed by atoms with Crippen LogP contribution in [-0.4, -0.2) is 58.8 Å². The number of fused-ring (bicyclic) bond motifs is 4. The predicted molar refractivity (Wildman–Crippen MR) is 133 cm³/mol. The molecule has 0 unspecified atom stereocenters. The predicted octanol–water partition coefficient (Wildman–Crippen LogP) is 3.82. The molecule has 3 heterocycles. The van der Waals surface area contributed by atoms with Gasteiger partial charge in [-0.1, -0.05) is 30.3 Å². The number of methoxy groups -OCH3 is 1. The van der Waals surface area contributed by atoms with E-state index in [-0.39, 0.29) is 6.17 Å². The van der Waals surface area contributed by atoms with Gasteiger partial charge in [0, 0.05) is 31.7 Å². The number of hydrogen-bond acceptors (Lipinski definition) is 6. The van der Waals surface area contributed by atoms with Gasteiger partial charge in [-0.25, -0.2) is 8.42 Å². The molecule has 7 nitrogen and oxygen atoms in total. The van der Waals surface area contributed by atoms with Gasteiger partial charge in [0.25, 0.3) is 0 Å². The maximum atomic E-state index is 13.4. The van der Waals surface area contributed by atoms with E-state index in [0.717, 1.165) is 47.5 Å². The van der Waals surface area contributed by atoms with Crippen molar-refractivity contribution in [1.29, 1.82) is 0 Å². The summed E-state index contributed by atoms with van der Waals surface area (Å²) in [6, 6.07) is 18.1. The molecule has 0 N–H and O–H groups in total. The molecule has 0 spiro atoms. The minimum atomic E-state index is -3.57. The largest absolute Gasteiger partial charge is 0.496 e. The Hall–Kier alpha value is -2.81. The van der Waals surface area contributed by atoms with E-state index in [2.05, 4.69) is 34.1 Å². The summed E-state index contributed by atoms with van der Waals surface area (Å²) in [5.41, 5.74) is 3.22. The first-order valence-electron chi connectivity index (χ1n) is 11.9. The van der Waals surface area contributed by atoms with Gasteiger partial charge in [-0.15, -0.1) is 0 Å². The van der Waals surface area contributed by atoms with Crippen molar-refractivity contribution in [2.24, 2.45) is 0 Å². The van der Waals surface area contributed by atoms with Gasteiger partial charge in [0.2, 0.25) is 10.0 Å². The quantitative estimate of drug-likeness (QED) is 0.555. The van der Waals surface area contributed by atoms with E-state index in [1.807, 2.05) is 24.3 Å². The van der Waals surface area contributed by atoms with Gasteiger partial charge in [-0.05, 0) is 47.9 Å². The van der Waals surface area contributed by atoms with Crippen LogP contribution in [0.15, 0.2) is 59.5 Å². The molecule has 178 valence electrons. The molecule has 3 aliphatic heterocycles. The molecule has 3 aliphatic rings. The molecule has 8 heteroatoms. The van der Waals surface area contributed by atoms with Crippen LogP contribution < -0.4 is 14.5 Å². The van der Waals surface area contributed by atoms with E-state index in [1.165, 1.54) is 9.69 Å². The highest BCUT2D eigenvalue weighted by molar-refractivity contribution is 7.89. The smallest absolute Gasteiger partial charge is 0.243 e. The number of benzene rings is 3. The summed E-state index contributed by atoms with van der Waals surface area (Å²) in [5.74, 6) is 0.855. The zero-order valence-corrected chi connectivity index (χ0v) is 20.1. The van der Waals surface area contributed by atoms with Gasteiger partial charge < -0.3 is 19.3 Å². The standard InChI is InChI=1S/C26H29N3O4S/c1-32-25-11-8-19-5-2-3-6-21(19)22(25)18-29-24-17-20(34(30,31)27-13-15-33-16-14-27)9-10-23(24)28-12-4-7-26(28)29/h2-3,5-6,8-11,17,26H,4,7,12-16,18H2,1H3/t26-/m0/s1. The third kappa shape index (κ3) is 3.43. The lowest BCUT2D eigenvalue weighted by atomic mass is 10.0. The summed E-state index contributed by atoms with van der Waals surface area (Å²) in [6.45, 7) is 3.30. The molecule has 1 atom stereocenters. The lowest BCUT2D eigenvalue weighted by Gasteiger charge is -2.29. The fourth-order valence-corrected chi connectivity index (χ4v) is 7.05. The van der Waals surface area contributed by atoms with Gasteiger partial charge in [0.1, 0.15) is 11.9 Å². The Morgan fingerprint density at radius 1 is 1.00 bits per heavy atom. The molecule has 0 radical (unpaired) electrons. The van der Waals surface area contributed by atoms with Crippen LogP contribution in [0.25, 0.3) is 10.8 Å². The topological polar surface area (TPSA) is 62.3 Å². The monoisotopic (exact) mass is 479 g/mol. The van der Waals surface area contributed by atoms with E-state index >= 15 is 0 Å². The fraction of sp³-hybridized carbons (Fsp3) is 0.385. The summed E-state index contributed by atoms with van der Waals surface area (Å²) < 4.78 is 39.4. The Labute approximate surface area is 200 Å². The average Bonchev–Trinajstić information content (AvgIpc) is 3.46. The molecule has 0 aromatic heterocycles. The van der Waals surface area contributed by atoms with Crippen molar-refractivity contribution in [1.82, 2.24) is 4.31 Å². The van der Waals surface area contributed by atoms with E-state index < -0.39 is 10.0 Å². The molecule has 0 saturated carbocycles. The third-order valence-corrected chi connectivity index (χ3v) is 9.20. The second kappa shape index (κ2) is 8.45. The second-order valence-corrected chi connectivity index (χ2v) is 11.0. The Balaban J connectivity index is 1.43. The van der Waals surface area contributed by atoms with Crippen LogP contribution in [0.2, 0.25) is 0 Å². The van der Waals surface area contributed by atoms with E-state index in [4.69, 9.17) is 9.47 Å². The number of ether oxygens (including phenoxy) is 2. The Bertz CT molecular complexity index is 1340. The lowest BCUT2D eigenvalue weighted by Crippen LogP contribution is -2.40. The fourth-order valence-electron chi connectivity index (χ4n) is 5.62. The highest BCUT2D eigenvalue weighted by Gasteiger charge is 2.40. The first kappa shape index (κ1) is 21.7. The molecule has 0 aliphatic carbocycles. The highest BCUT2D eigenvalue weighted by atomic mass is 32.2. The van der Waals surface area contributed by atoms with Crippen molar-refractivity contribution in [2.75, 3.05) is 49.8 Å². The molecule has 2 fully saturated rings. The number of morpholine rings is 1. The number of hydrogen-bond donors (Lipinski definition) is 0. The van der Waals surface area contributed by atoms with Gasteiger partial charge in [0.15, 0.2) is 0 Å². The number of anilines is 2. The zero-order valence-electron chi connectivity index (χ0n) is 19.3. The maximum absolute atomic E-state index is 13.4. The number of rotatable bonds is 5. The van der Waals surface area contributed by atoms with Crippen molar-refractivity contribution in [3.8, 4) is 5.75 Å². The second-order valence-electron chi connectivity index (χ2n) is 9.08. The van der Waals surface area contributed by atoms with Gasteiger partial charge >= 0.3 is 0 Å². The van der Waals surface area contributed by atoms with E-state index in [0.29, 0.717) is 37.7 Å². The number of nitrogens with zero attached hydrogens (tertiary/aromatic N) is 3. The summed E-state index contributed by atoms with van der Waals surface area (Å²) in [6.07, 6.45) is 2.40. The minimum Gasteiger partial charge on any atom is -0.496 e. The van der Waals surface area contributed by atoms with Crippen LogP contribution in [-0.2, 0) is 21.3 Å². The van der Waals surface area contributed by atoms with Crippen LogP contribution in [0.1, 0.15) is 18.4 Å². The van der Waals surface area contributed by atoms with Crippen molar-refractivity contribution in [3.63, 3.8) is 0 Å². The van der Waals surface area contributed by atoms with Crippen molar-refractivity contribution < 1.29 is 17.9 Å². The molecule has 34 heavy (non-hydrogen) atoms. The molecule has 6 rings (SSSR count). The third-order valence-electron chi connectivity index (χ3n) is 7.30. The normalized spacial score (nSPS) is 20.6. The average molecular weight is 480 g/mol. The van der Waals surface area contributed by atoms with Crippen LogP contribution in [0.4, 0.5) is 11.4 Å². The molecular formula is C26H29N3O4S. The van der Waals surface area contributed by atoms with Gasteiger partial charge in [-0.3, -0.25) is 0 Å². The highest BCUT2D eigenvalue weighted by Crippen LogP contribution is 2.46. The molecule has 0 bridgehead atoms. The first-order chi connectivity index (χ1) is 16.6. The molecule has 0 amide bonds. The summed E-state index contributed by atoms with van der Waals surface area (Å²) in [4.78, 5) is 5.13. The maximum Gasteiger partial charge on any atom is 0.243 e. The van der Waals surface area contributed by atoms with Crippen molar-refractivity contribution in [2.45, 2.75) is 30.4 Å². The van der Waals surface area contributed by atoms with E-state index in [9.17, 15) is 8.42 Å². The van der Waals surface area contributed by atoms with Crippen LogP contribution in [0, 0.1) is 0 Å². The Morgan fingerprint density at radius 2 is 1.82 bits per heavy atom. The lowest BCUT2D eigenvalue weighted by molar-refractivity contribution is 0.0730. The van der Waals surface area contributed by atoms with Crippen LogP contribution >= 0.6 is 0 Å². The Kier molecular flexibility index (Phi) is 5.39. The molecule has 2 saturated heterocycles. The summed E-state index contributed by atoms with van der Waals surface area (Å²) >= 11 is 0. The minimum absolute atomic E-state index is 0.222. The summed E-state index contributed by atoms with van der Waals surface area (Å²) in [7, 11) is -1.86. The van der Waals surface area contributed by atoms with Crippen molar-refractivity contribution in [3.05, 3.63) is 60.2 Å².